The number of imidazole rings is 1. The average Bonchev–Trinajstić information content (AvgIpc) is 2.94. The Morgan fingerprint density at radius 2 is 2.39 bits per heavy atom. The molecule has 3 heterocycles. The van der Waals surface area contributed by atoms with E-state index >= 15 is 0 Å². The fraction of sp³-hybridized carbons (Fsp3) is 0.0833. The summed E-state index contributed by atoms with van der Waals surface area (Å²) >= 11 is 0. The molecular weight excluding hydrogens is 234 g/mol. The zero-order chi connectivity index (χ0) is 12.5. The van der Waals surface area contributed by atoms with Gasteiger partial charge in [0.1, 0.15) is 17.7 Å². The lowest BCUT2D eigenvalue weighted by Gasteiger charge is -1.96. The first-order chi connectivity index (χ1) is 8.72. The third-order valence-corrected chi connectivity index (χ3v) is 2.50. The topological polar surface area (TPSA) is 80.6 Å². The molecule has 0 radical (unpaired) electrons. The van der Waals surface area contributed by atoms with Crippen molar-refractivity contribution in [1.82, 2.24) is 14.4 Å². The zero-order valence-electron chi connectivity index (χ0n) is 9.28. The van der Waals surface area contributed by atoms with Crippen molar-refractivity contribution in [1.29, 1.82) is 0 Å². The summed E-state index contributed by atoms with van der Waals surface area (Å²) in [6, 6.07) is 5.34. The van der Waals surface area contributed by atoms with E-state index in [0.29, 0.717) is 22.8 Å². The van der Waals surface area contributed by atoms with Gasteiger partial charge in [-0.3, -0.25) is 9.20 Å². The van der Waals surface area contributed by atoms with Crippen molar-refractivity contribution in [3.8, 4) is 11.5 Å². The highest BCUT2D eigenvalue weighted by Crippen LogP contribution is 2.18. The van der Waals surface area contributed by atoms with Gasteiger partial charge in [0.25, 0.3) is 0 Å². The number of carbonyl (C=O) groups is 1. The second kappa shape index (κ2) is 3.99. The minimum Gasteiger partial charge on any atom is -0.481 e. The molecule has 0 aliphatic rings. The first-order valence-corrected chi connectivity index (χ1v) is 5.32. The van der Waals surface area contributed by atoms with Gasteiger partial charge in [-0.05, 0) is 12.1 Å². The predicted molar refractivity (Wildman–Crippen MR) is 62.0 cm³/mol. The first-order valence-electron chi connectivity index (χ1n) is 5.32. The molecule has 0 amide bonds. The number of hydrogen-bond acceptors (Lipinski definition) is 4. The summed E-state index contributed by atoms with van der Waals surface area (Å²) < 4.78 is 6.93. The van der Waals surface area contributed by atoms with Crippen LogP contribution in [0.4, 0.5) is 0 Å². The van der Waals surface area contributed by atoms with E-state index in [2.05, 4.69) is 9.97 Å². The van der Waals surface area contributed by atoms with Crippen molar-refractivity contribution in [3.05, 3.63) is 42.7 Å². The molecule has 0 atom stereocenters. The Balaban J connectivity index is 2.04. The molecule has 3 rings (SSSR count). The summed E-state index contributed by atoms with van der Waals surface area (Å²) in [7, 11) is 0. The summed E-state index contributed by atoms with van der Waals surface area (Å²) in [4.78, 5) is 19.1. The van der Waals surface area contributed by atoms with Crippen LogP contribution in [-0.4, -0.2) is 25.4 Å². The molecule has 6 heteroatoms. The summed E-state index contributed by atoms with van der Waals surface area (Å²) in [5, 5.41) is 8.72. The SMILES string of the molecule is O=C(O)Cc1cn2cnc(-c3ccco3)cc2n1. The van der Waals surface area contributed by atoms with E-state index in [9.17, 15) is 4.79 Å². The molecule has 0 bridgehead atoms. The van der Waals surface area contributed by atoms with Gasteiger partial charge >= 0.3 is 5.97 Å². The average molecular weight is 243 g/mol. The molecule has 90 valence electrons. The van der Waals surface area contributed by atoms with Crippen molar-refractivity contribution >= 4 is 11.6 Å². The lowest BCUT2D eigenvalue weighted by molar-refractivity contribution is -0.136. The fourth-order valence-electron chi connectivity index (χ4n) is 1.74. The molecular formula is C12H9N3O3. The molecule has 3 aromatic heterocycles. The maximum Gasteiger partial charge on any atom is 0.309 e. The molecule has 0 saturated heterocycles. The molecule has 0 aromatic carbocycles. The Bertz CT molecular complexity index is 701. The van der Waals surface area contributed by atoms with Crippen molar-refractivity contribution in [2.24, 2.45) is 0 Å². The first kappa shape index (κ1) is 10.5. The molecule has 0 fully saturated rings. The van der Waals surface area contributed by atoms with E-state index in [1.165, 1.54) is 0 Å². The summed E-state index contributed by atoms with van der Waals surface area (Å²) in [6.07, 6.45) is 4.72. The van der Waals surface area contributed by atoms with Crippen molar-refractivity contribution < 1.29 is 14.3 Å². The minimum absolute atomic E-state index is 0.0994. The van der Waals surface area contributed by atoms with Crippen molar-refractivity contribution in [2.75, 3.05) is 0 Å². The Hall–Kier alpha value is -2.63. The molecule has 18 heavy (non-hydrogen) atoms. The highest BCUT2D eigenvalue weighted by atomic mass is 16.4. The standard InChI is InChI=1S/C12H9N3O3/c16-12(17)4-8-6-15-7-13-9(5-11(15)14-8)10-2-1-3-18-10/h1-3,5-7H,4H2,(H,16,17). The van der Waals surface area contributed by atoms with Crippen LogP contribution in [-0.2, 0) is 11.2 Å². The van der Waals surface area contributed by atoms with Gasteiger partial charge in [-0.25, -0.2) is 9.97 Å². The van der Waals surface area contributed by atoms with Gasteiger partial charge in [-0.15, -0.1) is 0 Å². The van der Waals surface area contributed by atoms with E-state index in [1.54, 1.807) is 41.4 Å². The summed E-state index contributed by atoms with van der Waals surface area (Å²) in [5.74, 6) is -0.252. The lowest BCUT2D eigenvalue weighted by atomic mass is 10.3. The molecule has 0 spiro atoms. The smallest absolute Gasteiger partial charge is 0.309 e. The van der Waals surface area contributed by atoms with Crippen LogP contribution in [0.15, 0.2) is 41.4 Å². The normalized spacial score (nSPS) is 10.9. The Labute approximate surface area is 102 Å². The van der Waals surface area contributed by atoms with E-state index < -0.39 is 5.97 Å². The number of aliphatic carboxylic acids is 1. The van der Waals surface area contributed by atoms with Gasteiger partial charge in [-0.1, -0.05) is 0 Å². The number of nitrogens with zero attached hydrogens (tertiary/aromatic N) is 3. The minimum atomic E-state index is -0.905. The third-order valence-electron chi connectivity index (χ3n) is 2.50. The van der Waals surface area contributed by atoms with Crippen LogP contribution in [0, 0.1) is 0 Å². The van der Waals surface area contributed by atoms with Gasteiger partial charge in [-0.2, -0.15) is 0 Å². The summed E-state index contributed by atoms with van der Waals surface area (Å²) in [5.41, 5.74) is 1.81. The van der Waals surface area contributed by atoms with E-state index in [1.807, 2.05) is 0 Å². The molecule has 0 aliphatic carbocycles. The van der Waals surface area contributed by atoms with Gasteiger partial charge in [0.2, 0.25) is 0 Å². The Morgan fingerprint density at radius 3 is 3.11 bits per heavy atom. The van der Waals surface area contributed by atoms with E-state index in [0.717, 1.165) is 0 Å². The van der Waals surface area contributed by atoms with Crippen LogP contribution >= 0.6 is 0 Å². The molecule has 3 aromatic rings. The second-order valence-corrected chi connectivity index (χ2v) is 3.82. The number of aromatic nitrogens is 3. The van der Waals surface area contributed by atoms with Gasteiger partial charge in [0.05, 0.1) is 18.4 Å². The van der Waals surface area contributed by atoms with Crippen LogP contribution in [0.5, 0.6) is 0 Å². The molecule has 0 aliphatic heterocycles. The van der Waals surface area contributed by atoms with Crippen LogP contribution < -0.4 is 0 Å². The third kappa shape index (κ3) is 1.84. The number of rotatable bonds is 3. The van der Waals surface area contributed by atoms with Crippen LogP contribution in [0.2, 0.25) is 0 Å². The molecule has 0 unspecified atom stereocenters. The van der Waals surface area contributed by atoms with E-state index in [4.69, 9.17) is 9.52 Å². The fourth-order valence-corrected chi connectivity index (χ4v) is 1.74. The number of hydrogen-bond donors (Lipinski definition) is 1. The second-order valence-electron chi connectivity index (χ2n) is 3.82. The van der Waals surface area contributed by atoms with Gasteiger partial charge < -0.3 is 9.52 Å². The maximum absolute atomic E-state index is 10.6. The highest BCUT2D eigenvalue weighted by molar-refractivity contribution is 5.70. The Morgan fingerprint density at radius 1 is 1.50 bits per heavy atom. The number of fused-ring (bicyclic) bond motifs is 1. The number of furan rings is 1. The largest absolute Gasteiger partial charge is 0.481 e. The van der Waals surface area contributed by atoms with Crippen LogP contribution in [0.1, 0.15) is 5.69 Å². The highest BCUT2D eigenvalue weighted by Gasteiger charge is 2.08. The molecule has 6 nitrogen and oxygen atoms in total. The molecule has 0 saturated carbocycles. The van der Waals surface area contributed by atoms with E-state index in [-0.39, 0.29) is 6.42 Å². The predicted octanol–water partition coefficient (Wildman–Crippen LogP) is 1.62. The molecule has 1 N–H and O–H groups in total. The van der Waals surface area contributed by atoms with Crippen molar-refractivity contribution in [3.63, 3.8) is 0 Å². The number of carboxylic acids is 1. The summed E-state index contributed by atoms with van der Waals surface area (Å²) in [6.45, 7) is 0. The van der Waals surface area contributed by atoms with Crippen LogP contribution in [0.3, 0.4) is 0 Å². The van der Waals surface area contributed by atoms with Crippen molar-refractivity contribution in [2.45, 2.75) is 6.42 Å². The lowest BCUT2D eigenvalue weighted by Crippen LogP contribution is -1.99. The van der Waals surface area contributed by atoms with Gasteiger partial charge in [0, 0.05) is 12.3 Å². The van der Waals surface area contributed by atoms with Gasteiger partial charge in [0.15, 0.2) is 5.76 Å². The monoisotopic (exact) mass is 243 g/mol. The zero-order valence-corrected chi connectivity index (χ0v) is 9.28. The maximum atomic E-state index is 10.6. The number of carboxylic acid groups (broad SMARTS) is 1. The quantitative estimate of drug-likeness (QED) is 0.755. The van der Waals surface area contributed by atoms with Crippen LogP contribution in [0.25, 0.3) is 17.1 Å². The Kier molecular flexibility index (Phi) is 2.33.